The van der Waals surface area contributed by atoms with Crippen LogP contribution in [-0.2, 0) is 0 Å². The number of carbonyl (C=O) groups excluding carboxylic acids is 1. The molecular weight excluding hydrogens is 354 g/mol. The van der Waals surface area contributed by atoms with E-state index in [1.165, 1.54) is 11.3 Å². The van der Waals surface area contributed by atoms with Gasteiger partial charge in [0.25, 0.3) is 5.91 Å². The van der Waals surface area contributed by atoms with Gasteiger partial charge in [0.05, 0.1) is 5.02 Å². The molecule has 2 aromatic heterocycles. The van der Waals surface area contributed by atoms with Gasteiger partial charge in [-0.05, 0) is 30.0 Å². The van der Waals surface area contributed by atoms with Crippen LogP contribution in [0.15, 0.2) is 45.2 Å². The zero-order valence-electron chi connectivity index (χ0n) is 12.1. The molecule has 1 aromatic carbocycles. The van der Waals surface area contributed by atoms with Gasteiger partial charge < -0.3 is 4.42 Å². The lowest BCUT2D eigenvalue weighted by Gasteiger charge is -2.00. The average Bonchev–Trinajstić information content (AvgIpc) is 3.18. The SMILES string of the molecule is CCSc1nnc(NC(=O)c2ccc(-c3ccccc3Cl)o2)s1. The molecule has 0 unspecified atom stereocenters. The number of rotatable bonds is 5. The zero-order chi connectivity index (χ0) is 16.2. The molecule has 23 heavy (non-hydrogen) atoms. The van der Waals surface area contributed by atoms with E-state index < -0.39 is 0 Å². The van der Waals surface area contributed by atoms with Gasteiger partial charge in [0.2, 0.25) is 5.13 Å². The summed E-state index contributed by atoms with van der Waals surface area (Å²) >= 11 is 9.04. The van der Waals surface area contributed by atoms with Crippen LogP contribution in [0, 0.1) is 0 Å². The topological polar surface area (TPSA) is 68.0 Å². The number of hydrogen-bond donors (Lipinski definition) is 1. The molecule has 0 bridgehead atoms. The first-order valence-corrected chi connectivity index (χ1v) is 8.97. The predicted molar refractivity (Wildman–Crippen MR) is 93.4 cm³/mol. The molecule has 1 N–H and O–H groups in total. The van der Waals surface area contributed by atoms with Crippen LogP contribution in [0.2, 0.25) is 5.02 Å². The first-order valence-electron chi connectivity index (χ1n) is 6.79. The highest BCUT2D eigenvalue weighted by Crippen LogP contribution is 2.30. The maximum atomic E-state index is 12.2. The number of nitrogens with zero attached hydrogens (tertiary/aromatic N) is 2. The lowest BCUT2D eigenvalue weighted by atomic mass is 10.2. The van der Waals surface area contributed by atoms with E-state index in [9.17, 15) is 4.79 Å². The molecule has 5 nitrogen and oxygen atoms in total. The van der Waals surface area contributed by atoms with Gasteiger partial charge in [-0.15, -0.1) is 10.2 Å². The van der Waals surface area contributed by atoms with Crippen molar-refractivity contribution in [1.82, 2.24) is 10.2 Å². The fourth-order valence-corrected chi connectivity index (χ4v) is 3.74. The van der Waals surface area contributed by atoms with Crippen LogP contribution in [0.25, 0.3) is 11.3 Å². The number of thioether (sulfide) groups is 1. The largest absolute Gasteiger partial charge is 0.451 e. The second kappa shape index (κ2) is 7.16. The van der Waals surface area contributed by atoms with Crippen molar-refractivity contribution in [3.8, 4) is 11.3 Å². The summed E-state index contributed by atoms with van der Waals surface area (Å²) in [6, 6.07) is 10.6. The van der Waals surface area contributed by atoms with Gasteiger partial charge in [-0.2, -0.15) is 0 Å². The standard InChI is InChI=1S/C15H12ClN3O2S2/c1-2-22-15-19-18-14(23-15)17-13(20)12-8-7-11(21-12)9-5-3-4-6-10(9)16/h3-8H,2H2,1H3,(H,17,18,20). The van der Waals surface area contributed by atoms with Gasteiger partial charge in [0, 0.05) is 5.56 Å². The van der Waals surface area contributed by atoms with Crippen LogP contribution < -0.4 is 5.32 Å². The van der Waals surface area contributed by atoms with E-state index in [4.69, 9.17) is 16.0 Å². The number of halogens is 1. The van der Waals surface area contributed by atoms with Crippen LogP contribution in [0.3, 0.4) is 0 Å². The Balaban J connectivity index is 1.74. The first-order chi connectivity index (χ1) is 11.2. The number of nitrogens with one attached hydrogen (secondary N) is 1. The fourth-order valence-electron chi connectivity index (χ4n) is 1.87. The molecule has 0 saturated carbocycles. The van der Waals surface area contributed by atoms with E-state index in [1.54, 1.807) is 30.0 Å². The zero-order valence-corrected chi connectivity index (χ0v) is 14.5. The number of hydrogen-bond acceptors (Lipinski definition) is 6. The number of benzene rings is 1. The third-order valence-electron chi connectivity index (χ3n) is 2.86. The van der Waals surface area contributed by atoms with Crippen molar-refractivity contribution in [2.24, 2.45) is 0 Å². The van der Waals surface area contributed by atoms with Gasteiger partial charge in [-0.1, -0.05) is 53.8 Å². The molecule has 118 valence electrons. The van der Waals surface area contributed by atoms with Crippen molar-refractivity contribution in [1.29, 1.82) is 0 Å². The second-order valence-electron chi connectivity index (χ2n) is 4.40. The van der Waals surface area contributed by atoms with Crippen molar-refractivity contribution < 1.29 is 9.21 Å². The minimum atomic E-state index is -0.368. The number of amides is 1. The summed E-state index contributed by atoms with van der Waals surface area (Å²) in [4.78, 5) is 12.2. The summed E-state index contributed by atoms with van der Waals surface area (Å²) in [6.45, 7) is 2.03. The van der Waals surface area contributed by atoms with E-state index in [2.05, 4.69) is 15.5 Å². The van der Waals surface area contributed by atoms with E-state index in [0.29, 0.717) is 15.9 Å². The Bertz CT molecular complexity index is 832. The van der Waals surface area contributed by atoms with Gasteiger partial charge in [0.15, 0.2) is 10.1 Å². The molecule has 0 aliphatic carbocycles. The van der Waals surface area contributed by atoms with Crippen LogP contribution in [0.1, 0.15) is 17.5 Å². The highest BCUT2D eigenvalue weighted by molar-refractivity contribution is 8.01. The van der Waals surface area contributed by atoms with Gasteiger partial charge in [-0.25, -0.2) is 0 Å². The summed E-state index contributed by atoms with van der Waals surface area (Å²) < 4.78 is 6.41. The van der Waals surface area contributed by atoms with Crippen LogP contribution in [-0.4, -0.2) is 21.9 Å². The van der Waals surface area contributed by atoms with Gasteiger partial charge in [-0.3, -0.25) is 10.1 Å². The Kier molecular flexibility index (Phi) is 5.00. The van der Waals surface area contributed by atoms with E-state index in [0.717, 1.165) is 15.7 Å². The molecule has 3 aromatic rings. The molecule has 0 atom stereocenters. The Morgan fingerprint density at radius 3 is 2.91 bits per heavy atom. The average molecular weight is 366 g/mol. The highest BCUT2D eigenvalue weighted by atomic mass is 35.5. The lowest BCUT2D eigenvalue weighted by molar-refractivity contribution is 0.0997. The van der Waals surface area contributed by atoms with E-state index in [1.807, 2.05) is 25.1 Å². The molecule has 0 aliphatic rings. The minimum Gasteiger partial charge on any atom is -0.451 e. The van der Waals surface area contributed by atoms with E-state index >= 15 is 0 Å². The third kappa shape index (κ3) is 3.74. The molecule has 0 fully saturated rings. The molecule has 0 spiro atoms. The second-order valence-corrected chi connectivity index (χ2v) is 7.30. The molecule has 8 heteroatoms. The monoisotopic (exact) mass is 365 g/mol. The highest BCUT2D eigenvalue weighted by Gasteiger charge is 2.15. The molecule has 3 rings (SSSR count). The van der Waals surface area contributed by atoms with Crippen molar-refractivity contribution in [3.05, 3.63) is 47.2 Å². The summed E-state index contributed by atoms with van der Waals surface area (Å²) in [5.74, 6) is 1.27. The van der Waals surface area contributed by atoms with Gasteiger partial charge >= 0.3 is 0 Å². The molecule has 0 radical (unpaired) electrons. The predicted octanol–water partition coefficient (Wildman–Crippen LogP) is 4.82. The Morgan fingerprint density at radius 2 is 2.13 bits per heavy atom. The van der Waals surface area contributed by atoms with Gasteiger partial charge in [0.1, 0.15) is 5.76 Å². The third-order valence-corrected chi connectivity index (χ3v) is 5.05. The maximum Gasteiger partial charge on any atom is 0.293 e. The molecule has 1 amide bonds. The number of carbonyl (C=O) groups is 1. The number of furan rings is 1. The van der Waals surface area contributed by atoms with Crippen LogP contribution in [0.4, 0.5) is 5.13 Å². The molecule has 2 heterocycles. The minimum absolute atomic E-state index is 0.194. The van der Waals surface area contributed by atoms with Crippen molar-refractivity contribution in [2.75, 3.05) is 11.1 Å². The molecule has 0 aliphatic heterocycles. The fraction of sp³-hybridized carbons (Fsp3) is 0.133. The van der Waals surface area contributed by atoms with Crippen LogP contribution in [0.5, 0.6) is 0 Å². The van der Waals surface area contributed by atoms with Crippen LogP contribution >= 0.6 is 34.7 Å². The summed E-state index contributed by atoms with van der Waals surface area (Å²) in [6.07, 6.45) is 0. The first kappa shape index (κ1) is 16.0. The Morgan fingerprint density at radius 1 is 1.30 bits per heavy atom. The summed E-state index contributed by atoms with van der Waals surface area (Å²) in [7, 11) is 0. The summed E-state index contributed by atoms with van der Waals surface area (Å²) in [5, 5.41) is 11.6. The van der Waals surface area contributed by atoms with Crippen molar-refractivity contribution in [2.45, 2.75) is 11.3 Å². The Labute approximate surface area is 146 Å². The smallest absolute Gasteiger partial charge is 0.293 e. The number of aromatic nitrogens is 2. The molecular formula is C15H12ClN3O2S2. The van der Waals surface area contributed by atoms with Crippen molar-refractivity contribution >= 4 is 45.7 Å². The Hall–Kier alpha value is -1.83. The normalized spacial score (nSPS) is 10.7. The van der Waals surface area contributed by atoms with Crippen molar-refractivity contribution in [3.63, 3.8) is 0 Å². The summed E-state index contributed by atoms with van der Waals surface area (Å²) in [5.41, 5.74) is 0.741. The quantitative estimate of drug-likeness (QED) is 0.518. The number of anilines is 1. The maximum absolute atomic E-state index is 12.2. The molecule has 0 saturated heterocycles. The van der Waals surface area contributed by atoms with E-state index in [-0.39, 0.29) is 11.7 Å². The lowest BCUT2D eigenvalue weighted by Crippen LogP contribution is -2.10.